The summed E-state index contributed by atoms with van der Waals surface area (Å²) in [6, 6.07) is 12.5. The second kappa shape index (κ2) is 4.60. The quantitative estimate of drug-likeness (QED) is 0.820. The summed E-state index contributed by atoms with van der Waals surface area (Å²) in [4.78, 5) is 4.11. The molecule has 15 heavy (non-hydrogen) atoms. The van der Waals surface area contributed by atoms with Crippen molar-refractivity contribution in [3.05, 3.63) is 59.9 Å². The molecule has 0 amide bonds. The van der Waals surface area contributed by atoms with E-state index >= 15 is 0 Å². The summed E-state index contributed by atoms with van der Waals surface area (Å²) in [5.74, 6) is 0. The van der Waals surface area contributed by atoms with Gasteiger partial charge in [-0.05, 0) is 35.7 Å². The maximum absolute atomic E-state index is 4.11. The molecule has 2 nitrogen and oxygen atoms in total. The average molecular weight is 198 g/mol. The van der Waals surface area contributed by atoms with Gasteiger partial charge in [-0.1, -0.05) is 18.2 Å². The molecule has 1 N–H and O–H groups in total. The molecule has 0 bridgehead atoms. The van der Waals surface area contributed by atoms with Crippen LogP contribution in [0.15, 0.2) is 48.8 Å². The van der Waals surface area contributed by atoms with Crippen molar-refractivity contribution in [2.45, 2.75) is 6.42 Å². The fourth-order valence-electron chi connectivity index (χ4n) is 1.58. The minimum absolute atomic E-state index is 0.934. The molecule has 0 saturated carbocycles. The fourth-order valence-corrected chi connectivity index (χ4v) is 1.58. The van der Waals surface area contributed by atoms with Crippen molar-refractivity contribution < 1.29 is 0 Å². The van der Waals surface area contributed by atoms with E-state index in [1.807, 2.05) is 19.3 Å². The Hall–Kier alpha value is -1.83. The molecule has 1 aromatic heterocycles. The van der Waals surface area contributed by atoms with Crippen molar-refractivity contribution in [1.29, 1.82) is 0 Å². The van der Waals surface area contributed by atoms with Crippen LogP contribution in [0.2, 0.25) is 0 Å². The van der Waals surface area contributed by atoms with Crippen molar-refractivity contribution >= 4 is 5.69 Å². The van der Waals surface area contributed by atoms with E-state index in [1.54, 1.807) is 6.20 Å². The first-order chi connectivity index (χ1) is 7.38. The lowest BCUT2D eigenvalue weighted by Crippen LogP contribution is -1.92. The number of pyridine rings is 1. The molecule has 1 aromatic carbocycles. The molecular formula is C13H14N2. The predicted molar refractivity (Wildman–Crippen MR) is 63.0 cm³/mol. The average Bonchev–Trinajstić information content (AvgIpc) is 2.31. The Kier molecular flexibility index (Phi) is 2.98. The lowest BCUT2D eigenvalue weighted by atomic mass is 10.1. The van der Waals surface area contributed by atoms with Crippen LogP contribution in [0.4, 0.5) is 5.69 Å². The first kappa shape index (κ1) is 9.71. The summed E-state index contributed by atoms with van der Waals surface area (Å²) >= 11 is 0. The molecule has 0 aliphatic heterocycles. The molecule has 76 valence electrons. The SMILES string of the molecule is CNc1cccc(Cc2cccnc2)c1. The molecule has 0 atom stereocenters. The van der Waals surface area contributed by atoms with E-state index in [-0.39, 0.29) is 0 Å². The normalized spacial score (nSPS) is 9.93. The number of hydrogen-bond donors (Lipinski definition) is 1. The summed E-state index contributed by atoms with van der Waals surface area (Å²) < 4.78 is 0. The molecule has 0 unspecified atom stereocenters. The van der Waals surface area contributed by atoms with Gasteiger partial charge >= 0.3 is 0 Å². The Morgan fingerprint density at radius 3 is 2.73 bits per heavy atom. The number of anilines is 1. The maximum Gasteiger partial charge on any atom is 0.0340 e. The molecule has 0 fully saturated rings. The second-order valence-electron chi connectivity index (χ2n) is 3.49. The van der Waals surface area contributed by atoms with E-state index in [2.05, 4.69) is 40.6 Å². The van der Waals surface area contributed by atoms with E-state index in [0.717, 1.165) is 12.1 Å². The van der Waals surface area contributed by atoms with Crippen LogP contribution in [0.3, 0.4) is 0 Å². The summed E-state index contributed by atoms with van der Waals surface area (Å²) in [5, 5.41) is 3.14. The van der Waals surface area contributed by atoms with Crippen LogP contribution in [-0.2, 0) is 6.42 Å². The molecule has 0 saturated heterocycles. The maximum atomic E-state index is 4.11. The number of aromatic nitrogens is 1. The zero-order chi connectivity index (χ0) is 10.5. The molecule has 0 radical (unpaired) electrons. The molecule has 0 aliphatic carbocycles. The third kappa shape index (κ3) is 2.56. The van der Waals surface area contributed by atoms with Gasteiger partial charge in [-0.25, -0.2) is 0 Å². The molecule has 0 spiro atoms. The highest BCUT2D eigenvalue weighted by Crippen LogP contribution is 2.13. The van der Waals surface area contributed by atoms with Crippen molar-refractivity contribution in [2.24, 2.45) is 0 Å². The van der Waals surface area contributed by atoms with Crippen molar-refractivity contribution in [3.63, 3.8) is 0 Å². The van der Waals surface area contributed by atoms with E-state index in [4.69, 9.17) is 0 Å². The van der Waals surface area contributed by atoms with Gasteiger partial charge in [0.05, 0.1) is 0 Å². The third-order valence-electron chi connectivity index (χ3n) is 2.35. The number of hydrogen-bond acceptors (Lipinski definition) is 2. The van der Waals surface area contributed by atoms with Gasteiger partial charge in [0.25, 0.3) is 0 Å². The van der Waals surface area contributed by atoms with Crippen LogP contribution >= 0.6 is 0 Å². The highest BCUT2D eigenvalue weighted by Gasteiger charge is 1.96. The molecule has 0 aliphatic rings. The van der Waals surface area contributed by atoms with Crippen molar-refractivity contribution in [1.82, 2.24) is 4.98 Å². The smallest absolute Gasteiger partial charge is 0.0340 e. The molecular weight excluding hydrogens is 184 g/mol. The van der Waals surface area contributed by atoms with Gasteiger partial charge in [-0.3, -0.25) is 4.98 Å². The summed E-state index contributed by atoms with van der Waals surface area (Å²) in [6.07, 6.45) is 4.64. The second-order valence-corrected chi connectivity index (χ2v) is 3.49. The van der Waals surface area contributed by atoms with Crippen LogP contribution in [0, 0.1) is 0 Å². The lowest BCUT2D eigenvalue weighted by Gasteiger charge is -2.04. The fraction of sp³-hybridized carbons (Fsp3) is 0.154. The summed E-state index contributed by atoms with van der Waals surface area (Å²) in [6.45, 7) is 0. The monoisotopic (exact) mass is 198 g/mol. The number of nitrogens with one attached hydrogen (secondary N) is 1. The van der Waals surface area contributed by atoms with E-state index < -0.39 is 0 Å². The number of benzene rings is 1. The van der Waals surface area contributed by atoms with Gasteiger partial charge < -0.3 is 5.32 Å². The Morgan fingerprint density at radius 2 is 2.00 bits per heavy atom. The zero-order valence-corrected chi connectivity index (χ0v) is 8.77. The highest BCUT2D eigenvalue weighted by molar-refractivity contribution is 5.45. The zero-order valence-electron chi connectivity index (χ0n) is 8.77. The van der Waals surface area contributed by atoms with E-state index in [0.29, 0.717) is 0 Å². The van der Waals surface area contributed by atoms with Crippen LogP contribution < -0.4 is 5.32 Å². The van der Waals surface area contributed by atoms with Crippen molar-refractivity contribution in [2.75, 3.05) is 12.4 Å². The van der Waals surface area contributed by atoms with E-state index in [9.17, 15) is 0 Å². The Bertz CT molecular complexity index is 424. The van der Waals surface area contributed by atoms with Crippen LogP contribution in [-0.4, -0.2) is 12.0 Å². The molecule has 2 heteroatoms. The first-order valence-corrected chi connectivity index (χ1v) is 5.04. The van der Waals surface area contributed by atoms with Gasteiger partial charge in [0.15, 0.2) is 0 Å². The minimum atomic E-state index is 0.934. The third-order valence-corrected chi connectivity index (χ3v) is 2.35. The molecule has 1 heterocycles. The van der Waals surface area contributed by atoms with Gasteiger partial charge in [0.1, 0.15) is 0 Å². The highest BCUT2D eigenvalue weighted by atomic mass is 14.8. The standard InChI is InChI=1S/C13H14N2/c1-14-13-6-2-4-11(9-13)8-12-5-3-7-15-10-12/h2-7,9-10,14H,8H2,1H3. The first-order valence-electron chi connectivity index (χ1n) is 5.04. The van der Waals surface area contributed by atoms with Gasteiger partial charge in [-0.2, -0.15) is 0 Å². The Labute approximate surface area is 90.0 Å². The van der Waals surface area contributed by atoms with E-state index in [1.165, 1.54) is 11.1 Å². The molecule has 2 aromatic rings. The van der Waals surface area contributed by atoms with Gasteiger partial charge in [0.2, 0.25) is 0 Å². The van der Waals surface area contributed by atoms with Crippen LogP contribution in [0.5, 0.6) is 0 Å². The van der Waals surface area contributed by atoms with Crippen LogP contribution in [0.25, 0.3) is 0 Å². The minimum Gasteiger partial charge on any atom is -0.388 e. The Morgan fingerprint density at radius 1 is 1.13 bits per heavy atom. The topological polar surface area (TPSA) is 24.9 Å². The Balaban J connectivity index is 2.17. The van der Waals surface area contributed by atoms with Crippen LogP contribution in [0.1, 0.15) is 11.1 Å². The number of rotatable bonds is 3. The summed E-state index contributed by atoms with van der Waals surface area (Å²) in [7, 11) is 1.93. The van der Waals surface area contributed by atoms with Crippen molar-refractivity contribution in [3.8, 4) is 0 Å². The largest absolute Gasteiger partial charge is 0.388 e. The summed E-state index contributed by atoms with van der Waals surface area (Å²) in [5.41, 5.74) is 3.69. The van der Waals surface area contributed by atoms with Gasteiger partial charge in [-0.15, -0.1) is 0 Å². The lowest BCUT2D eigenvalue weighted by molar-refractivity contribution is 1.14. The molecule has 2 rings (SSSR count). The van der Waals surface area contributed by atoms with Gasteiger partial charge in [0, 0.05) is 25.1 Å². The predicted octanol–water partition coefficient (Wildman–Crippen LogP) is 2.71. The number of nitrogens with zero attached hydrogens (tertiary/aromatic N) is 1.